The average molecular weight is 343 g/mol. The summed E-state index contributed by atoms with van der Waals surface area (Å²) in [6, 6.07) is 3.77. The van der Waals surface area contributed by atoms with E-state index in [0.29, 0.717) is 0 Å². The summed E-state index contributed by atoms with van der Waals surface area (Å²) in [5.41, 5.74) is 0.901. The Kier molecular flexibility index (Phi) is 5.48. The monoisotopic (exact) mass is 342 g/mol. The molecule has 2 heterocycles. The van der Waals surface area contributed by atoms with E-state index in [1.807, 2.05) is 0 Å². The molecule has 0 bridgehead atoms. The predicted molar refractivity (Wildman–Crippen MR) is 81.0 cm³/mol. The average Bonchev–Trinajstić information content (AvgIpc) is 2.80. The van der Waals surface area contributed by atoms with E-state index in [1.54, 1.807) is 23.6 Å². The van der Waals surface area contributed by atoms with Crippen molar-refractivity contribution >= 4 is 27.3 Å². The number of rotatable bonds is 6. The highest BCUT2D eigenvalue weighted by Crippen LogP contribution is 2.25. The van der Waals surface area contributed by atoms with Crippen LogP contribution in [0.2, 0.25) is 0 Å². The van der Waals surface area contributed by atoms with Gasteiger partial charge >= 0.3 is 0 Å². The van der Waals surface area contributed by atoms with Crippen LogP contribution in [-0.2, 0) is 6.42 Å². The fourth-order valence-corrected chi connectivity index (χ4v) is 3.41. The topological polar surface area (TPSA) is 24.9 Å². The van der Waals surface area contributed by atoms with Gasteiger partial charge in [-0.3, -0.25) is 4.98 Å². The van der Waals surface area contributed by atoms with Crippen molar-refractivity contribution < 1.29 is 4.39 Å². The van der Waals surface area contributed by atoms with Gasteiger partial charge in [0.25, 0.3) is 0 Å². The van der Waals surface area contributed by atoms with E-state index in [9.17, 15) is 4.39 Å². The van der Waals surface area contributed by atoms with Gasteiger partial charge < -0.3 is 5.32 Å². The Labute approximate surface area is 125 Å². The van der Waals surface area contributed by atoms with Crippen molar-refractivity contribution in [3.8, 4) is 0 Å². The maximum Gasteiger partial charge on any atom is 0.141 e. The van der Waals surface area contributed by atoms with Crippen LogP contribution < -0.4 is 5.32 Å². The third-order valence-electron chi connectivity index (χ3n) is 2.80. The molecule has 0 saturated heterocycles. The zero-order valence-electron chi connectivity index (χ0n) is 10.7. The molecule has 5 heteroatoms. The van der Waals surface area contributed by atoms with Gasteiger partial charge in [-0.05, 0) is 46.6 Å². The highest BCUT2D eigenvalue weighted by molar-refractivity contribution is 9.10. The molecule has 1 N–H and O–H groups in total. The van der Waals surface area contributed by atoms with Crippen molar-refractivity contribution in [1.29, 1.82) is 0 Å². The van der Waals surface area contributed by atoms with Crippen molar-refractivity contribution in [2.45, 2.75) is 25.8 Å². The van der Waals surface area contributed by atoms with Gasteiger partial charge in [0.05, 0.1) is 6.20 Å². The lowest BCUT2D eigenvalue weighted by Gasteiger charge is -2.18. The molecule has 19 heavy (non-hydrogen) atoms. The number of thiophene rings is 1. The molecule has 0 radical (unpaired) electrons. The van der Waals surface area contributed by atoms with E-state index in [4.69, 9.17) is 0 Å². The minimum atomic E-state index is -0.284. The SMILES string of the molecule is CCCNC(Cc1cc(Br)cs1)c1cncc(F)c1. The minimum absolute atomic E-state index is 0.105. The number of hydrogen-bond acceptors (Lipinski definition) is 3. The summed E-state index contributed by atoms with van der Waals surface area (Å²) >= 11 is 5.17. The first kappa shape index (κ1) is 14.6. The zero-order valence-corrected chi connectivity index (χ0v) is 13.1. The van der Waals surface area contributed by atoms with Gasteiger partial charge in [-0.15, -0.1) is 11.3 Å². The van der Waals surface area contributed by atoms with E-state index in [-0.39, 0.29) is 11.9 Å². The molecular formula is C14H16BrFN2S. The van der Waals surface area contributed by atoms with Crippen molar-refractivity contribution in [2.24, 2.45) is 0 Å². The molecule has 0 amide bonds. The normalized spacial score (nSPS) is 12.6. The third kappa shape index (κ3) is 4.37. The predicted octanol–water partition coefficient (Wildman–Crippen LogP) is 4.33. The van der Waals surface area contributed by atoms with Crippen molar-refractivity contribution in [1.82, 2.24) is 10.3 Å². The summed E-state index contributed by atoms with van der Waals surface area (Å²) in [5.74, 6) is -0.284. The zero-order chi connectivity index (χ0) is 13.7. The molecule has 0 saturated carbocycles. The highest BCUT2D eigenvalue weighted by Gasteiger charge is 2.14. The molecule has 0 aromatic carbocycles. The molecule has 2 aromatic rings. The second kappa shape index (κ2) is 7.12. The Balaban J connectivity index is 2.15. The van der Waals surface area contributed by atoms with Crippen LogP contribution in [0.15, 0.2) is 34.4 Å². The summed E-state index contributed by atoms with van der Waals surface area (Å²) in [6.07, 6.45) is 4.87. The van der Waals surface area contributed by atoms with Gasteiger partial charge in [-0.25, -0.2) is 4.39 Å². The van der Waals surface area contributed by atoms with Crippen LogP contribution in [0, 0.1) is 5.82 Å². The van der Waals surface area contributed by atoms with Crippen LogP contribution in [0.25, 0.3) is 0 Å². The van der Waals surface area contributed by atoms with Crippen LogP contribution in [0.1, 0.15) is 29.8 Å². The van der Waals surface area contributed by atoms with Crippen LogP contribution in [0.3, 0.4) is 0 Å². The standard InChI is InChI=1S/C14H16BrFN2S/c1-2-3-18-14(6-13-5-11(15)9-19-13)10-4-12(16)8-17-7-10/h4-5,7-9,14,18H,2-3,6H2,1H3. The fourth-order valence-electron chi connectivity index (χ4n) is 1.91. The summed E-state index contributed by atoms with van der Waals surface area (Å²) in [4.78, 5) is 5.21. The molecule has 2 nitrogen and oxygen atoms in total. The molecule has 102 valence electrons. The second-order valence-electron chi connectivity index (χ2n) is 4.38. The summed E-state index contributed by atoms with van der Waals surface area (Å²) in [6.45, 7) is 3.03. The molecule has 0 fully saturated rings. The minimum Gasteiger partial charge on any atom is -0.310 e. The molecule has 1 atom stereocenters. The fraction of sp³-hybridized carbons (Fsp3) is 0.357. The Hall–Kier alpha value is -0.780. The van der Waals surface area contributed by atoms with Crippen LogP contribution in [-0.4, -0.2) is 11.5 Å². The molecule has 2 rings (SSSR count). The number of halogens is 2. The largest absolute Gasteiger partial charge is 0.310 e. The highest BCUT2D eigenvalue weighted by atomic mass is 79.9. The molecule has 0 aliphatic rings. The molecule has 0 aliphatic carbocycles. The Bertz CT molecular complexity index is 530. The van der Waals surface area contributed by atoms with E-state index < -0.39 is 0 Å². The van der Waals surface area contributed by atoms with Gasteiger partial charge in [0.2, 0.25) is 0 Å². The first-order chi connectivity index (χ1) is 9.19. The van der Waals surface area contributed by atoms with E-state index in [2.05, 4.69) is 44.6 Å². The first-order valence-electron chi connectivity index (χ1n) is 6.25. The van der Waals surface area contributed by atoms with E-state index >= 15 is 0 Å². The Morgan fingerprint density at radius 1 is 1.42 bits per heavy atom. The third-order valence-corrected chi connectivity index (χ3v) is 4.52. The maximum atomic E-state index is 13.3. The lowest BCUT2D eigenvalue weighted by atomic mass is 10.0. The first-order valence-corrected chi connectivity index (χ1v) is 7.93. The summed E-state index contributed by atoms with van der Waals surface area (Å²) < 4.78 is 14.4. The lowest BCUT2D eigenvalue weighted by Crippen LogP contribution is -2.24. The van der Waals surface area contributed by atoms with Crippen LogP contribution >= 0.6 is 27.3 Å². The van der Waals surface area contributed by atoms with Crippen molar-refractivity contribution in [3.63, 3.8) is 0 Å². The molecule has 1 unspecified atom stereocenters. The molecular weight excluding hydrogens is 327 g/mol. The van der Waals surface area contributed by atoms with E-state index in [0.717, 1.165) is 29.4 Å². The quantitative estimate of drug-likeness (QED) is 0.845. The molecule has 2 aromatic heterocycles. The van der Waals surface area contributed by atoms with Crippen molar-refractivity contribution in [3.05, 3.63) is 50.6 Å². The van der Waals surface area contributed by atoms with E-state index in [1.165, 1.54) is 11.1 Å². The Morgan fingerprint density at radius 3 is 2.89 bits per heavy atom. The van der Waals surface area contributed by atoms with Gasteiger partial charge in [0, 0.05) is 33.4 Å². The van der Waals surface area contributed by atoms with Gasteiger partial charge in [-0.1, -0.05) is 6.92 Å². The number of pyridine rings is 1. The van der Waals surface area contributed by atoms with Crippen molar-refractivity contribution in [2.75, 3.05) is 6.54 Å². The van der Waals surface area contributed by atoms with Crippen LogP contribution in [0.5, 0.6) is 0 Å². The summed E-state index contributed by atoms with van der Waals surface area (Å²) in [7, 11) is 0. The summed E-state index contributed by atoms with van der Waals surface area (Å²) in [5, 5.41) is 5.52. The second-order valence-corrected chi connectivity index (χ2v) is 6.29. The number of nitrogens with one attached hydrogen (secondary N) is 1. The number of aromatic nitrogens is 1. The molecule has 0 aliphatic heterocycles. The molecule has 0 spiro atoms. The maximum absolute atomic E-state index is 13.3. The van der Waals surface area contributed by atoms with Crippen LogP contribution in [0.4, 0.5) is 4.39 Å². The number of nitrogens with zero attached hydrogens (tertiary/aromatic N) is 1. The van der Waals surface area contributed by atoms with Gasteiger partial charge in [0.1, 0.15) is 5.82 Å². The van der Waals surface area contributed by atoms with Gasteiger partial charge in [-0.2, -0.15) is 0 Å². The Morgan fingerprint density at radius 2 is 2.26 bits per heavy atom. The number of hydrogen-bond donors (Lipinski definition) is 1. The smallest absolute Gasteiger partial charge is 0.141 e. The van der Waals surface area contributed by atoms with Gasteiger partial charge in [0.15, 0.2) is 0 Å². The lowest BCUT2D eigenvalue weighted by molar-refractivity contribution is 0.524.